The van der Waals surface area contributed by atoms with Gasteiger partial charge in [0.15, 0.2) is 33.4 Å². The van der Waals surface area contributed by atoms with Crippen LogP contribution in [0.15, 0.2) is 6.33 Å². The topological polar surface area (TPSA) is 135 Å². The van der Waals surface area contributed by atoms with Crippen molar-refractivity contribution in [2.24, 2.45) is 0 Å². The lowest BCUT2D eigenvalue weighted by Gasteiger charge is -2.23. The number of aromatic nitrogens is 4. The summed E-state index contributed by atoms with van der Waals surface area (Å²) in [4.78, 5) is 24.1. The molecule has 0 aliphatic carbocycles. The van der Waals surface area contributed by atoms with Crippen LogP contribution in [0.2, 0.25) is 0 Å². The van der Waals surface area contributed by atoms with Crippen molar-refractivity contribution >= 4 is 45.5 Å². The molecule has 2 aromatic heterocycles. The molecule has 2 saturated heterocycles. The zero-order chi connectivity index (χ0) is 17.2. The van der Waals surface area contributed by atoms with Crippen LogP contribution in [0.4, 0.5) is 5.82 Å². The maximum atomic E-state index is 11.5. The molecule has 0 aromatic carbocycles. The summed E-state index contributed by atoms with van der Waals surface area (Å²) in [5.74, 6) is -1.76. The first-order chi connectivity index (χ1) is 11.3. The van der Waals surface area contributed by atoms with Crippen molar-refractivity contribution in [3.63, 3.8) is 0 Å². The van der Waals surface area contributed by atoms with Gasteiger partial charge < -0.3 is 25.1 Å². The standard InChI is InChI=1S/C13H14IN5O5/c1-13(2)23-5-6(24-13)10(22-7(5)11(20)21)19-3-16-4-8(15)17-12(14)18-9(4)19/h3,5-7,10H,1-2H3,(H,20,21)(H2,15,17,18). The molecule has 2 aliphatic rings. The van der Waals surface area contributed by atoms with Crippen molar-refractivity contribution in [1.82, 2.24) is 19.5 Å². The van der Waals surface area contributed by atoms with Crippen LogP contribution in [0.3, 0.4) is 0 Å². The van der Waals surface area contributed by atoms with Gasteiger partial charge in [-0.25, -0.2) is 19.7 Å². The molecule has 10 nitrogen and oxygen atoms in total. The van der Waals surface area contributed by atoms with Gasteiger partial charge >= 0.3 is 5.97 Å². The molecule has 2 aromatic rings. The predicted octanol–water partition coefficient (Wildman–Crippen LogP) is 0.515. The zero-order valence-electron chi connectivity index (χ0n) is 12.7. The molecular weight excluding hydrogens is 433 g/mol. The van der Waals surface area contributed by atoms with Crippen molar-refractivity contribution in [3.8, 4) is 0 Å². The van der Waals surface area contributed by atoms with E-state index in [4.69, 9.17) is 19.9 Å². The monoisotopic (exact) mass is 447 g/mol. The Labute approximate surface area is 149 Å². The van der Waals surface area contributed by atoms with Crippen LogP contribution in [0, 0.1) is 3.83 Å². The fourth-order valence-electron chi connectivity index (χ4n) is 3.10. The number of rotatable bonds is 2. The summed E-state index contributed by atoms with van der Waals surface area (Å²) in [6.45, 7) is 3.47. The quantitative estimate of drug-likeness (QED) is 0.499. The number of imidazole rings is 1. The number of carbonyl (C=O) groups is 1. The molecule has 3 N–H and O–H groups in total. The molecule has 4 unspecified atom stereocenters. The lowest BCUT2D eigenvalue weighted by atomic mass is 10.1. The average molecular weight is 447 g/mol. The summed E-state index contributed by atoms with van der Waals surface area (Å²) in [5.41, 5.74) is 6.75. The van der Waals surface area contributed by atoms with Gasteiger partial charge in [-0.15, -0.1) is 0 Å². The lowest BCUT2D eigenvalue weighted by Crippen LogP contribution is -2.35. The molecule has 0 radical (unpaired) electrons. The SMILES string of the molecule is CC1(C)OC2C(C(=O)O)OC(n3cnc4c(N)nc(I)nc43)C2O1. The number of aliphatic carboxylic acids is 1. The van der Waals surface area contributed by atoms with Gasteiger partial charge in [0.1, 0.15) is 17.7 Å². The number of hydrogen-bond donors (Lipinski definition) is 2. The molecule has 0 amide bonds. The fraction of sp³-hybridized carbons (Fsp3) is 0.538. The van der Waals surface area contributed by atoms with Gasteiger partial charge in [-0.05, 0) is 13.8 Å². The van der Waals surface area contributed by atoms with Crippen LogP contribution < -0.4 is 5.73 Å². The van der Waals surface area contributed by atoms with Gasteiger partial charge in [0, 0.05) is 22.6 Å². The molecular formula is C13H14IN5O5. The van der Waals surface area contributed by atoms with Crippen LogP contribution in [0.1, 0.15) is 20.1 Å². The van der Waals surface area contributed by atoms with Crippen molar-refractivity contribution in [2.75, 3.05) is 5.73 Å². The van der Waals surface area contributed by atoms with Gasteiger partial charge in [0.25, 0.3) is 0 Å². The molecule has 0 bridgehead atoms. The highest BCUT2D eigenvalue weighted by Crippen LogP contribution is 2.43. The lowest BCUT2D eigenvalue weighted by molar-refractivity contribution is -0.202. The largest absolute Gasteiger partial charge is 0.479 e. The maximum absolute atomic E-state index is 11.5. The van der Waals surface area contributed by atoms with Crippen LogP contribution >= 0.6 is 22.6 Å². The van der Waals surface area contributed by atoms with Crippen molar-refractivity contribution in [2.45, 2.75) is 44.2 Å². The number of fused-ring (bicyclic) bond motifs is 2. The van der Waals surface area contributed by atoms with Gasteiger partial charge in [-0.3, -0.25) is 4.57 Å². The predicted molar refractivity (Wildman–Crippen MR) is 87.8 cm³/mol. The summed E-state index contributed by atoms with van der Waals surface area (Å²) in [7, 11) is 0. The molecule has 128 valence electrons. The van der Waals surface area contributed by atoms with E-state index in [1.165, 1.54) is 6.33 Å². The smallest absolute Gasteiger partial charge is 0.335 e. The Balaban J connectivity index is 1.80. The maximum Gasteiger partial charge on any atom is 0.335 e. The second-order valence-corrected chi connectivity index (χ2v) is 7.02. The van der Waals surface area contributed by atoms with E-state index in [0.717, 1.165) is 0 Å². The summed E-state index contributed by atoms with van der Waals surface area (Å²) < 4.78 is 19.3. The first-order valence-electron chi connectivity index (χ1n) is 7.16. The Morgan fingerprint density at radius 1 is 1.38 bits per heavy atom. The molecule has 0 spiro atoms. The van der Waals surface area contributed by atoms with E-state index in [1.54, 1.807) is 18.4 Å². The Bertz CT molecular complexity index is 840. The third-order valence-corrected chi connectivity index (χ3v) is 4.45. The van der Waals surface area contributed by atoms with Gasteiger partial charge in [-0.2, -0.15) is 0 Å². The Morgan fingerprint density at radius 2 is 2.08 bits per heavy atom. The van der Waals surface area contributed by atoms with E-state index in [-0.39, 0.29) is 5.82 Å². The number of anilines is 1. The third-order valence-electron chi connectivity index (χ3n) is 3.97. The highest BCUT2D eigenvalue weighted by molar-refractivity contribution is 14.1. The number of ether oxygens (including phenoxy) is 3. The first-order valence-corrected chi connectivity index (χ1v) is 8.24. The van der Waals surface area contributed by atoms with E-state index < -0.39 is 36.3 Å². The highest BCUT2D eigenvalue weighted by Gasteiger charge is 2.58. The van der Waals surface area contributed by atoms with E-state index in [0.29, 0.717) is 15.0 Å². The molecule has 0 saturated carbocycles. The van der Waals surface area contributed by atoms with Gasteiger partial charge in [-0.1, -0.05) is 0 Å². The third kappa shape index (κ3) is 2.34. The number of carboxylic acids is 1. The molecule has 24 heavy (non-hydrogen) atoms. The van der Waals surface area contributed by atoms with Crippen molar-refractivity contribution in [1.29, 1.82) is 0 Å². The van der Waals surface area contributed by atoms with Crippen LogP contribution in [0.5, 0.6) is 0 Å². The van der Waals surface area contributed by atoms with E-state index >= 15 is 0 Å². The number of carboxylic acid groups (broad SMARTS) is 1. The highest BCUT2D eigenvalue weighted by atomic mass is 127. The van der Waals surface area contributed by atoms with Crippen LogP contribution in [0.25, 0.3) is 11.2 Å². The summed E-state index contributed by atoms with van der Waals surface area (Å²) >= 11 is 1.95. The summed E-state index contributed by atoms with van der Waals surface area (Å²) in [5, 5.41) is 9.42. The number of hydrogen-bond acceptors (Lipinski definition) is 8. The fourth-order valence-corrected chi connectivity index (χ4v) is 3.58. The Kier molecular flexibility index (Phi) is 3.46. The number of nitrogens with zero attached hydrogens (tertiary/aromatic N) is 4. The second kappa shape index (κ2) is 5.21. The number of halogens is 1. The minimum Gasteiger partial charge on any atom is -0.479 e. The van der Waals surface area contributed by atoms with Crippen LogP contribution in [-0.4, -0.2) is 54.7 Å². The van der Waals surface area contributed by atoms with E-state index in [9.17, 15) is 9.90 Å². The molecule has 2 fully saturated rings. The van der Waals surface area contributed by atoms with Crippen molar-refractivity contribution in [3.05, 3.63) is 10.2 Å². The first kappa shape index (κ1) is 15.9. The van der Waals surface area contributed by atoms with Gasteiger partial charge in [0.05, 0.1) is 6.33 Å². The van der Waals surface area contributed by atoms with E-state index in [2.05, 4.69) is 15.0 Å². The zero-order valence-corrected chi connectivity index (χ0v) is 14.9. The Morgan fingerprint density at radius 3 is 2.79 bits per heavy atom. The second-order valence-electron chi connectivity index (χ2n) is 6.05. The van der Waals surface area contributed by atoms with Crippen molar-refractivity contribution < 1.29 is 24.1 Å². The number of nitrogens with two attached hydrogens (primary N) is 1. The average Bonchev–Trinajstić information content (AvgIpc) is 3.09. The summed E-state index contributed by atoms with van der Waals surface area (Å²) in [6, 6.07) is 0. The molecule has 2 aliphatic heterocycles. The summed E-state index contributed by atoms with van der Waals surface area (Å²) in [6.07, 6.45) is -1.72. The number of nitrogen functional groups attached to an aromatic ring is 1. The molecule has 4 heterocycles. The molecule has 4 rings (SSSR count). The minimum absolute atomic E-state index is 0.247. The normalized spacial score (nSPS) is 31.5. The molecule has 4 atom stereocenters. The Hall–Kier alpha value is -1.57. The van der Waals surface area contributed by atoms with Crippen LogP contribution in [-0.2, 0) is 19.0 Å². The van der Waals surface area contributed by atoms with E-state index in [1.807, 2.05) is 22.6 Å². The van der Waals surface area contributed by atoms with Gasteiger partial charge in [0.2, 0.25) is 0 Å². The molecule has 11 heteroatoms. The minimum atomic E-state index is -1.14.